The summed E-state index contributed by atoms with van der Waals surface area (Å²) in [4.78, 5) is 16.9. The molecule has 0 aliphatic heterocycles. The highest BCUT2D eigenvalue weighted by molar-refractivity contribution is 5.35. The summed E-state index contributed by atoms with van der Waals surface area (Å²) < 4.78 is 46.3. The van der Waals surface area contributed by atoms with Crippen LogP contribution in [0, 0.1) is 35.7 Å². The average molecular weight is 438 g/mol. The van der Waals surface area contributed by atoms with Gasteiger partial charge < -0.3 is 4.57 Å². The summed E-state index contributed by atoms with van der Waals surface area (Å²) in [5, 5.41) is 12.7. The Labute approximate surface area is 180 Å². The van der Waals surface area contributed by atoms with E-state index in [1.807, 2.05) is 6.07 Å². The topological polar surface area (TPSA) is 81.4 Å². The van der Waals surface area contributed by atoms with Crippen LogP contribution in [0.1, 0.15) is 22.6 Å². The Kier molecular flexibility index (Phi) is 5.64. The predicted molar refractivity (Wildman–Crippen MR) is 109 cm³/mol. The number of halogens is 3. The molecule has 2 heterocycles. The molecule has 0 spiro atoms. The van der Waals surface area contributed by atoms with Crippen LogP contribution in [-0.4, -0.2) is 23.9 Å². The van der Waals surface area contributed by atoms with E-state index in [1.54, 1.807) is 17.7 Å². The van der Waals surface area contributed by atoms with E-state index in [0.29, 0.717) is 17.1 Å². The van der Waals surface area contributed by atoms with E-state index in [4.69, 9.17) is 5.26 Å². The van der Waals surface area contributed by atoms with Gasteiger partial charge in [0, 0.05) is 23.4 Å². The average Bonchev–Trinajstić information content (AvgIpc) is 3.28. The quantitative estimate of drug-likeness (QED) is 0.463. The molecular weight excluding hydrogens is 421 g/mol. The largest absolute Gasteiger partial charge is 0.350 e. The van der Waals surface area contributed by atoms with Gasteiger partial charge in [0.15, 0.2) is 0 Å². The maximum atomic E-state index is 14.8. The second-order valence-corrected chi connectivity index (χ2v) is 7.17. The molecule has 0 fully saturated rings. The molecule has 162 valence electrons. The lowest BCUT2D eigenvalue weighted by Gasteiger charge is -2.08. The van der Waals surface area contributed by atoms with Crippen molar-refractivity contribution in [1.29, 1.82) is 5.26 Å². The van der Waals surface area contributed by atoms with E-state index >= 15 is 0 Å². The molecule has 10 heteroatoms. The molecular formula is C22H17F3N6O. The minimum Gasteiger partial charge on any atom is -0.330 e. The smallest absolute Gasteiger partial charge is 0.330 e. The highest BCUT2D eigenvalue weighted by Crippen LogP contribution is 2.16. The van der Waals surface area contributed by atoms with Gasteiger partial charge in [0.2, 0.25) is 0 Å². The van der Waals surface area contributed by atoms with Crippen LogP contribution >= 0.6 is 0 Å². The van der Waals surface area contributed by atoms with Crippen molar-refractivity contribution < 1.29 is 13.2 Å². The number of hydrogen-bond acceptors (Lipinski definition) is 4. The first-order valence-electron chi connectivity index (χ1n) is 9.63. The van der Waals surface area contributed by atoms with Gasteiger partial charge in [0.25, 0.3) is 0 Å². The summed E-state index contributed by atoms with van der Waals surface area (Å²) in [7, 11) is 0. The van der Waals surface area contributed by atoms with Crippen LogP contribution in [-0.2, 0) is 19.5 Å². The Balaban J connectivity index is 1.59. The third kappa shape index (κ3) is 4.05. The zero-order chi connectivity index (χ0) is 22.8. The fourth-order valence-corrected chi connectivity index (χ4v) is 3.35. The Hall–Kier alpha value is -4.13. The van der Waals surface area contributed by atoms with Crippen LogP contribution in [0.25, 0.3) is 5.69 Å². The van der Waals surface area contributed by atoms with Crippen LogP contribution in [0.3, 0.4) is 0 Å². The van der Waals surface area contributed by atoms with E-state index < -0.39 is 23.1 Å². The molecule has 0 N–H and O–H groups in total. The Morgan fingerprint density at radius 3 is 2.47 bits per heavy atom. The van der Waals surface area contributed by atoms with Crippen LogP contribution in [0.4, 0.5) is 13.2 Å². The normalized spacial score (nSPS) is 11.0. The molecule has 32 heavy (non-hydrogen) atoms. The van der Waals surface area contributed by atoms with Crippen molar-refractivity contribution in [3.63, 3.8) is 0 Å². The summed E-state index contributed by atoms with van der Waals surface area (Å²) in [6.07, 6.45) is 3.00. The zero-order valence-electron chi connectivity index (χ0n) is 17.0. The summed E-state index contributed by atoms with van der Waals surface area (Å²) >= 11 is 0. The first-order chi connectivity index (χ1) is 15.4. The fraction of sp³-hybridized carbons (Fsp3) is 0.182. The molecule has 2 aromatic carbocycles. The SMILES string of the molecule is Cc1nc(CC#N)cn1Cc1ccc(-n2ncn(Cc3c(F)cccc3F)c2=O)cc1F. The lowest BCUT2D eigenvalue weighted by molar-refractivity contribution is 0.541. The van der Waals surface area contributed by atoms with Crippen molar-refractivity contribution >= 4 is 0 Å². The van der Waals surface area contributed by atoms with E-state index in [1.165, 1.54) is 24.3 Å². The van der Waals surface area contributed by atoms with Gasteiger partial charge in [-0.15, -0.1) is 0 Å². The van der Waals surface area contributed by atoms with Gasteiger partial charge in [-0.1, -0.05) is 12.1 Å². The van der Waals surface area contributed by atoms with Crippen molar-refractivity contribution in [2.24, 2.45) is 0 Å². The molecule has 4 rings (SSSR count). The van der Waals surface area contributed by atoms with E-state index in [-0.39, 0.29) is 30.8 Å². The molecule has 0 aliphatic carbocycles. The van der Waals surface area contributed by atoms with Crippen LogP contribution < -0.4 is 5.69 Å². The van der Waals surface area contributed by atoms with Crippen molar-refractivity contribution in [3.05, 3.63) is 99.5 Å². The first-order valence-corrected chi connectivity index (χ1v) is 9.63. The molecule has 0 saturated heterocycles. The number of benzene rings is 2. The number of nitriles is 1. The summed E-state index contributed by atoms with van der Waals surface area (Å²) in [6.45, 7) is 1.62. The molecule has 0 radical (unpaired) electrons. The Morgan fingerprint density at radius 1 is 1.03 bits per heavy atom. The number of hydrogen-bond donors (Lipinski definition) is 0. The standard InChI is InChI=1S/C22H17F3N6O/c1-14-28-16(7-8-26)11-29(14)10-15-5-6-17(9-21(15)25)31-22(32)30(13-27-31)12-18-19(23)3-2-4-20(18)24/h2-6,9,11,13H,7,10,12H2,1H3. The van der Waals surface area contributed by atoms with Gasteiger partial charge in [-0.3, -0.25) is 4.57 Å². The lowest BCUT2D eigenvalue weighted by atomic mass is 10.2. The maximum Gasteiger partial charge on any atom is 0.350 e. The number of imidazole rings is 1. The highest BCUT2D eigenvalue weighted by atomic mass is 19.1. The lowest BCUT2D eigenvalue weighted by Crippen LogP contribution is -2.24. The first kappa shape index (κ1) is 21.1. The van der Waals surface area contributed by atoms with E-state index in [2.05, 4.69) is 10.1 Å². The summed E-state index contributed by atoms with van der Waals surface area (Å²) in [6, 6.07) is 9.69. The highest BCUT2D eigenvalue weighted by Gasteiger charge is 2.15. The van der Waals surface area contributed by atoms with Crippen molar-refractivity contribution in [2.45, 2.75) is 26.4 Å². The van der Waals surface area contributed by atoms with E-state index in [0.717, 1.165) is 27.7 Å². The molecule has 0 unspecified atom stereocenters. The second-order valence-electron chi connectivity index (χ2n) is 7.17. The number of nitrogens with zero attached hydrogens (tertiary/aromatic N) is 6. The molecule has 0 saturated carbocycles. The van der Waals surface area contributed by atoms with E-state index in [9.17, 15) is 18.0 Å². The summed E-state index contributed by atoms with van der Waals surface area (Å²) in [5.74, 6) is -1.45. The predicted octanol–water partition coefficient (Wildman–Crippen LogP) is 3.12. The molecule has 7 nitrogen and oxygen atoms in total. The maximum absolute atomic E-state index is 14.8. The minimum atomic E-state index is -0.771. The molecule has 4 aromatic rings. The van der Waals surface area contributed by atoms with Crippen molar-refractivity contribution in [3.8, 4) is 11.8 Å². The number of rotatable bonds is 6. The monoisotopic (exact) mass is 438 g/mol. The molecule has 0 atom stereocenters. The van der Waals surface area contributed by atoms with Gasteiger partial charge in [-0.25, -0.2) is 22.9 Å². The van der Waals surface area contributed by atoms with Crippen molar-refractivity contribution in [1.82, 2.24) is 23.9 Å². The summed E-state index contributed by atoms with van der Waals surface area (Å²) in [5.41, 5.74) is 0.217. The van der Waals surface area contributed by atoms with Crippen molar-refractivity contribution in [2.75, 3.05) is 0 Å². The van der Waals surface area contributed by atoms with Gasteiger partial charge in [0.1, 0.15) is 29.6 Å². The van der Waals surface area contributed by atoms with Gasteiger partial charge in [-0.2, -0.15) is 15.0 Å². The Bertz CT molecular complexity index is 1380. The second kappa shape index (κ2) is 8.55. The van der Waals surface area contributed by atoms with Crippen LogP contribution in [0.5, 0.6) is 0 Å². The molecule has 0 amide bonds. The number of aryl methyl sites for hydroxylation is 1. The number of aromatic nitrogens is 5. The van der Waals surface area contributed by atoms with Crippen LogP contribution in [0.2, 0.25) is 0 Å². The molecule has 2 aromatic heterocycles. The third-order valence-electron chi connectivity index (χ3n) is 5.03. The Morgan fingerprint density at radius 2 is 1.78 bits per heavy atom. The van der Waals surface area contributed by atoms with Gasteiger partial charge >= 0.3 is 5.69 Å². The molecule has 0 aliphatic rings. The van der Waals surface area contributed by atoms with Gasteiger partial charge in [0.05, 0.1) is 37.0 Å². The zero-order valence-corrected chi connectivity index (χ0v) is 17.0. The molecule has 0 bridgehead atoms. The third-order valence-corrected chi connectivity index (χ3v) is 5.03. The van der Waals surface area contributed by atoms with Gasteiger partial charge in [-0.05, 0) is 25.1 Å². The minimum absolute atomic E-state index is 0.164. The fourth-order valence-electron chi connectivity index (χ4n) is 3.35. The van der Waals surface area contributed by atoms with Crippen LogP contribution in [0.15, 0.2) is 53.7 Å².